The molecule has 2 heterocycles. The number of amides is 1. The minimum atomic E-state index is -0.242. The minimum absolute atomic E-state index is 0.0504. The van der Waals surface area contributed by atoms with Crippen molar-refractivity contribution >= 4 is 5.91 Å². The molecule has 1 aromatic heterocycles. The number of likely N-dealkylation sites (tertiary alicyclic amines) is 1. The van der Waals surface area contributed by atoms with Gasteiger partial charge in [-0.25, -0.2) is 0 Å². The van der Waals surface area contributed by atoms with E-state index in [0.29, 0.717) is 12.1 Å². The first-order valence-corrected chi connectivity index (χ1v) is 7.50. The van der Waals surface area contributed by atoms with E-state index in [1.807, 2.05) is 17.9 Å². The van der Waals surface area contributed by atoms with Crippen molar-refractivity contribution < 1.29 is 9.90 Å². The summed E-state index contributed by atoms with van der Waals surface area (Å²) in [5.41, 5.74) is 1.61. The largest absolute Gasteiger partial charge is 0.392 e. The van der Waals surface area contributed by atoms with Crippen molar-refractivity contribution in [3.8, 4) is 0 Å². The summed E-state index contributed by atoms with van der Waals surface area (Å²) < 4.78 is 0. The average molecular weight is 274 g/mol. The molecule has 0 unspecified atom stereocenters. The van der Waals surface area contributed by atoms with E-state index in [-0.39, 0.29) is 17.4 Å². The molecule has 1 saturated carbocycles. The Bertz CT molecular complexity index is 517. The molecule has 4 heteroatoms. The smallest absolute Gasteiger partial charge is 0.255 e. The zero-order chi connectivity index (χ0) is 14.2. The predicted octanol–water partition coefficient (Wildman–Crippen LogP) is 2.16. The van der Waals surface area contributed by atoms with E-state index in [2.05, 4.69) is 4.98 Å². The Hall–Kier alpha value is -1.42. The van der Waals surface area contributed by atoms with Gasteiger partial charge in [-0.2, -0.15) is 0 Å². The van der Waals surface area contributed by atoms with Gasteiger partial charge in [0.15, 0.2) is 0 Å². The number of hydrogen-bond acceptors (Lipinski definition) is 3. The molecule has 1 saturated heterocycles. The maximum absolute atomic E-state index is 12.6. The second-order valence-electron chi connectivity index (χ2n) is 6.35. The van der Waals surface area contributed by atoms with Crippen molar-refractivity contribution in [3.05, 3.63) is 29.6 Å². The summed E-state index contributed by atoms with van der Waals surface area (Å²) in [6, 6.07) is 1.89. The van der Waals surface area contributed by atoms with Gasteiger partial charge < -0.3 is 10.0 Å². The van der Waals surface area contributed by atoms with Crippen LogP contribution in [0.1, 0.15) is 48.0 Å². The van der Waals surface area contributed by atoms with Crippen LogP contribution in [0.4, 0.5) is 0 Å². The van der Waals surface area contributed by atoms with E-state index >= 15 is 0 Å². The average Bonchev–Trinajstić information content (AvgIpc) is 2.79. The Morgan fingerprint density at radius 2 is 2.20 bits per heavy atom. The lowest BCUT2D eigenvalue weighted by molar-refractivity contribution is -0.00537. The summed E-state index contributed by atoms with van der Waals surface area (Å²) >= 11 is 0. The molecule has 3 rings (SSSR count). The van der Waals surface area contributed by atoms with E-state index in [1.54, 1.807) is 12.4 Å². The zero-order valence-corrected chi connectivity index (χ0v) is 12.0. The highest BCUT2D eigenvalue weighted by atomic mass is 16.3. The molecule has 1 amide bonds. The van der Waals surface area contributed by atoms with Crippen LogP contribution in [0.2, 0.25) is 0 Å². The lowest BCUT2D eigenvalue weighted by Crippen LogP contribution is -2.49. The third kappa shape index (κ3) is 2.33. The number of pyridine rings is 1. The molecule has 0 radical (unpaired) electrons. The van der Waals surface area contributed by atoms with Gasteiger partial charge in [0, 0.05) is 30.9 Å². The summed E-state index contributed by atoms with van der Waals surface area (Å²) in [6.45, 7) is 3.43. The lowest BCUT2D eigenvalue weighted by Gasteiger charge is -2.42. The van der Waals surface area contributed by atoms with Crippen molar-refractivity contribution in [2.45, 2.75) is 45.1 Å². The van der Waals surface area contributed by atoms with Gasteiger partial charge in [0.2, 0.25) is 0 Å². The predicted molar refractivity (Wildman–Crippen MR) is 76.4 cm³/mol. The minimum Gasteiger partial charge on any atom is -0.392 e. The molecule has 108 valence electrons. The third-order valence-electron chi connectivity index (χ3n) is 4.88. The molecule has 2 atom stereocenters. The molecule has 1 aliphatic heterocycles. The molecule has 0 bridgehead atoms. The Labute approximate surface area is 119 Å². The molecule has 1 aromatic rings. The van der Waals surface area contributed by atoms with Crippen molar-refractivity contribution in [1.82, 2.24) is 9.88 Å². The monoisotopic (exact) mass is 274 g/mol. The van der Waals surface area contributed by atoms with Crippen molar-refractivity contribution in [1.29, 1.82) is 0 Å². The Balaban J connectivity index is 1.78. The molecule has 1 N–H and O–H groups in total. The van der Waals surface area contributed by atoms with Crippen LogP contribution in [-0.2, 0) is 0 Å². The molecule has 20 heavy (non-hydrogen) atoms. The maximum atomic E-state index is 12.6. The number of aliphatic hydroxyl groups is 1. The third-order valence-corrected chi connectivity index (χ3v) is 4.88. The summed E-state index contributed by atoms with van der Waals surface area (Å²) in [6.07, 6.45) is 8.20. The second-order valence-corrected chi connectivity index (χ2v) is 6.35. The zero-order valence-electron chi connectivity index (χ0n) is 12.0. The van der Waals surface area contributed by atoms with Crippen LogP contribution in [0, 0.1) is 12.3 Å². The maximum Gasteiger partial charge on any atom is 0.255 e. The number of carbonyl (C=O) groups is 1. The van der Waals surface area contributed by atoms with Crippen LogP contribution in [0.15, 0.2) is 18.5 Å². The van der Waals surface area contributed by atoms with Gasteiger partial charge in [-0.3, -0.25) is 9.78 Å². The van der Waals surface area contributed by atoms with Gasteiger partial charge in [-0.15, -0.1) is 0 Å². The molecular weight excluding hydrogens is 252 g/mol. The Morgan fingerprint density at radius 3 is 2.90 bits per heavy atom. The fourth-order valence-corrected chi connectivity index (χ4v) is 3.78. The first-order chi connectivity index (χ1) is 9.61. The lowest BCUT2D eigenvalue weighted by atomic mass is 9.76. The van der Waals surface area contributed by atoms with Crippen molar-refractivity contribution in [2.24, 2.45) is 5.41 Å². The Kier molecular flexibility index (Phi) is 3.50. The van der Waals surface area contributed by atoms with Gasteiger partial charge in [0.25, 0.3) is 5.91 Å². The number of aliphatic hydroxyl groups excluding tert-OH is 1. The first kappa shape index (κ1) is 13.6. The number of carbonyl (C=O) groups excluding carboxylic acids is 1. The number of nitrogens with zero attached hydrogens (tertiary/aromatic N) is 2. The quantitative estimate of drug-likeness (QED) is 0.853. The van der Waals surface area contributed by atoms with Crippen LogP contribution in [0.5, 0.6) is 0 Å². The number of hydrogen-bond donors (Lipinski definition) is 1. The second kappa shape index (κ2) is 5.17. The fourth-order valence-electron chi connectivity index (χ4n) is 3.78. The van der Waals surface area contributed by atoms with Crippen LogP contribution in [0.25, 0.3) is 0 Å². The highest BCUT2D eigenvalue weighted by Crippen LogP contribution is 2.45. The van der Waals surface area contributed by atoms with Crippen molar-refractivity contribution in [2.75, 3.05) is 13.1 Å². The molecule has 0 aromatic carbocycles. The van der Waals surface area contributed by atoms with Crippen molar-refractivity contribution in [3.63, 3.8) is 0 Å². The van der Waals surface area contributed by atoms with Gasteiger partial charge in [0.1, 0.15) is 0 Å². The fraction of sp³-hybridized carbons (Fsp3) is 0.625. The molecular formula is C16H22N2O2. The molecule has 2 fully saturated rings. The van der Waals surface area contributed by atoms with Gasteiger partial charge in [-0.05, 0) is 44.2 Å². The summed E-state index contributed by atoms with van der Waals surface area (Å²) in [5.74, 6) is 0.0550. The van der Waals surface area contributed by atoms with Gasteiger partial charge in [-0.1, -0.05) is 6.42 Å². The van der Waals surface area contributed by atoms with Crippen LogP contribution < -0.4 is 0 Å². The van der Waals surface area contributed by atoms with Crippen LogP contribution in [-0.4, -0.2) is 40.1 Å². The number of rotatable bonds is 1. The first-order valence-electron chi connectivity index (χ1n) is 7.50. The van der Waals surface area contributed by atoms with E-state index in [9.17, 15) is 9.90 Å². The topological polar surface area (TPSA) is 53.4 Å². The van der Waals surface area contributed by atoms with E-state index < -0.39 is 0 Å². The summed E-state index contributed by atoms with van der Waals surface area (Å²) in [7, 11) is 0. The summed E-state index contributed by atoms with van der Waals surface area (Å²) in [5, 5.41) is 10.3. The van der Waals surface area contributed by atoms with Gasteiger partial charge in [0.05, 0.1) is 11.7 Å². The molecule has 1 spiro atoms. The highest BCUT2D eigenvalue weighted by molar-refractivity contribution is 5.94. The van der Waals surface area contributed by atoms with E-state index in [4.69, 9.17) is 0 Å². The standard InChI is InChI=1S/C16H22N2O2/c1-12-8-13(10-17-9-12)15(20)18-7-3-6-16(11-18)5-2-4-14(16)19/h8-10,14,19H,2-7,11H2,1H3/t14-,16+/m1/s1. The van der Waals surface area contributed by atoms with E-state index in [1.165, 1.54) is 0 Å². The molecule has 1 aliphatic carbocycles. The Morgan fingerprint density at radius 1 is 1.40 bits per heavy atom. The SMILES string of the molecule is Cc1cncc(C(=O)N2CCC[C@@]3(CCC[C@H]3O)C2)c1. The number of aromatic nitrogens is 1. The van der Waals surface area contributed by atoms with Crippen LogP contribution in [0.3, 0.4) is 0 Å². The van der Waals surface area contributed by atoms with Gasteiger partial charge >= 0.3 is 0 Å². The molecule has 2 aliphatic rings. The van der Waals surface area contributed by atoms with Crippen LogP contribution >= 0.6 is 0 Å². The highest BCUT2D eigenvalue weighted by Gasteiger charge is 2.45. The number of piperidine rings is 1. The number of aryl methyl sites for hydroxylation is 1. The normalized spacial score (nSPS) is 29.9. The molecule has 4 nitrogen and oxygen atoms in total. The van der Waals surface area contributed by atoms with E-state index in [0.717, 1.165) is 44.2 Å². The summed E-state index contributed by atoms with van der Waals surface area (Å²) in [4.78, 5) is 18.6.